The highest BCUT2D eigenvalue weighted by Crippen LogP contribution is 2.31. The Kier molecular flexibility index (Phi) is 5.93. The first kappa shape index (κ1) is 15.1. The van der Waals surface area contributed by atoms with Gasteiger partial charge in [-0.3, -0.25) is 4.79 Å². The van der Waals surface area contributed by atoms with Crippen LogP contribution in [-0.4, -0.2) is 25.6 Å². The monoisotopic (exact) mass is 262 g/mol. The van der Waals surface area contributed by atoms with E-state index in [9.17, 15) is 4.79 Å². The first-order valence-corrected chi connectivity index (χ1v) is 6.52. The molecule has 0 aliphatic heterocycles. The quantitative estimate of drug-likeness (QED) is 0.768. The molecule has 1 aromatic rings. The van der Waals surface area contributed by atoms with Crippen LogP contribution in [0.5, 0.6) is 5.75 Å². The third kappa shape index (κ3) is 4.32. The minimum absolute atomic E-state index is 0.0816. The summed E-state index contributed by atoms with van der Waals surface area (Å²) < 4.78 is 5.64. The van der Waals surface area contributed by atoms with E-state index in [2.05, 4.69) is 23.7 Å². The van der Waals surface area contributed by atoms with Crippen LogP contribution in [0.4, 0.5) is 11.4 Å². The van der Waals surface area contributed by atoms with E-state index in [1.54, 1.807) is 0 Å². The Hall–Kier alpha value is -1.97. The number of rotatable bonds is 7. The van der Waals surface area contributed by atoms with Crippen LogP contribution in [0.15, 0.2) is 30.9 Å². The third-order valence-corrected chi connectivity index (χ3v) is 2.65. The highest BCUT2D eigenvalue weighted by Gasteiger charge is 2.11. The standard InChI is InChI=1S/C15H22N2O2/c1-5-10-17(6-2)14-11-13(16-12(4)18)8-9-15(14)19-7-3/h5,8-9,11H,1,6-7,10H2,2-4H3,(H,16,18). The van der Waals surface area contributed by atoms with Crippen molar-refractivity contribution in [3.63, 3.8) is 0 Å². The van der Waals surface area contributed by atoms with Crippen LogP contribution in [-0.2, 0) is 4.79 Å². The fraction of sp³-hybridized carbons (Fsp3) is 0.400. The number of carbonyl (C=O) groups excluding carboxylic acids is 1. The summed E-state index contributed by atoms with van der Waals surface area (Å²) in [6.45, 7) is 11.5. The second-order valence-electron chi connectivity index (χ2n) is 4.12. The molecule has 0 aromatic heterocycles. The number of nitrogens with zero attached hydrogens (tertiary/aromatic N) is 1. The molecule has 0 fully saturated rings. The number of nitrogens with one attached hydrogen (secondary N) is 1. The molecule has 0 aliphatic carbocycles. The van der Waals surface area contributed by atoms with Crippen molar-refractivity contribution in [2.75, 3.05) is 29.9 Å². The Labute approximate surface area is 115 Å². The average molecular weight is 262 g/mol. The molecule has 4 heteroatoms. The number of anilines is 2. The second kappa shape index (κ2) is 7.46. The Morgan fingerprint density at radius 1 is 1.47 bits per heavy atom. The van der Waals surface area contributed by atoms with Crippen LogP contribution in [0.25, 0.3) is 0 Å². The topological polar surface area (TPSA) is 41.6 Å². The minimum atomic E-state index is -0.0816. The van der Waals surface area contributed by atoms with E-state index in [0.29, 0.717) is 6.61 Å². The van der Waals surface area contributed by atoms with Gasteiger partial charge in [-0.2, -0.15) is 0 Å². The number of benzene rings is 1. The van der Waals surface area contributed by atoms with Gasteiger partial charge in [0.05, 0.1) is 12.3 Å². The molecule has 0 atom stereocenters. The maximum atomic E-state index is 11.1. The molecule has 1 aromatic carbocycles. The summed E-state index contributed by atoms with van der Waals surface area (Å²) in [5.41, 5.74) is 1.74. The summed E-state index contributed by atoms with van der Waals surface area (Å²) in [4.78, 5) is 13.3. The van der Waals surface area contributed by atoms with Gasteiger partial charge in [0.15, 0.2) is 0 Å². The predicted octanol–water partition coefficient (Wildman–Crippen LogP) is 3.06. The summed E-state index contributed by atoms with van der Waals surface area (Å²) in [5, 5.41) is 2.79. The van der Waals surface area contributed by atoms with Gasteiger partial charge >= 0.3 is 0 Å². The highest BCUT2D eigenvalue weighted by molar-refractivity contribution is 5.89. The molecule has 1 rings (SSSR count). The van der Waals surface area contributed by atoms with Crippen LogP contribution in [0.2, 0.25) is 0 Å². The molecule has 0 spiro atoms. The molecule has 1 N–H and O–H groups in total. The Balaban J connectivity index is 3.12. The lowest BCUT2D eigenvalue weighted by Crippen LogP contribution is -2.23. The number of ether oxygens (including phenoxy) is 1. The lowest BCUT2D eigenvalue weighted by atomic mass is 10.2. The number of amides is 1. The normalized spacial score (nSPS) is 9.84. The van der Waals surface area contributed by atoms with Crippen molar-refractivity contribution in [3.05, 3.63) is 30.9 Å². The largest absolute Gasteiger partial charge is 0.492 e. The van der Waals surface area contributed by atoms with Gasteiger partial charge in [-0.05, 0) is 32.0 Å². The fourth-order valence-electron chi connectivity index (χ4n) is 1.88. The molecule has 19 heavy (non-hydrogen) atoms. The summed E-state index contributed by atoms with van der Waals surface area (Å²) in [6, 6.07) is 5.66. The number of carbonyl (C=O) groups is 1. The fourth-order valence-corrected chi connectivity index (χ4v) is 1.88. The first-order chi connectivity index (χ1) is 9.12. The molecular weight excluding hydrogens is 240 g/mol. The molecule has 0 saturated carbocycles. The molecule has 0 radical (unpaired) electrons. The van der Waals surface area contributed by atoms with Gasteiger partial charge in [-0.25, -0.2) is 0 Å². The van der Waals surface area contributed by atoms with Crippen LogP contribution in [0.3, 0.4) is 0 Å². The Morgan fingerprint density at radius 3 is 2.74 bits per heavy atom. The van der Waals surface area contributed by atoms with Gasteiger partial charge in [0.2, 0.25) is 5.91 Å². The second-order valence-corrected chi connectivity index (χ2v) is 4.12. The van der Waals surface area contributed by atoms with Gasteiger partial charge in [0, 0.05) is 25.7 Å². The van der Waals surface area contributed by atoms with Crippen LogP contribution in [0.1, 0.15) is 20.8 Å². The van der Waals surface area contributed by atoms with E-state index < -0.39 is 0 Å². The molecule has 0 aliphatic rings. The summed E-state index contributed by atoms with van der Waals surface area (Å²) in [5.74, 6) is 0.738. The van der Waals surface area contributed by atoms with Crippen molar-refractivity contribution in [3.8, 4) is 5.75 Å². The van der Waals surface area contributed by atoms with Crippen molar-refractivity contribution in [1.82, 2.24) is 0 Å². The average Bonchev–Trinajstić information content (AvgIpc) is 2.37. The lowest BCUT2D eigenvalue weighted by molar-refractivity contribution is -0.114. The summed E-state index contributed by atoms with van der Waals surface area (Å²) >= 11 is 0. The Morgan fingerprint density at radius 2 is 2.21 bits per heavy atom. The van der Waals surface area contributed by atoms with Crippen LogP contribution in [0, 0.1) is 0 Å². The molecule has 0 bridgehead atoms. The number of likely N-dealkylation sites (N-methyl/N-ethyl adjacent to an activating group) is 1. The van der Waals surface area contributed by atoms with E-state index in [0.717, 1.165) is 30.2 Å². The molecule has 0 unspecified atom stereocenters. The van der Waals surface area contributed by atoms with Gasteiger partial charge < -0.3 is 15.0 Å². The summed E-state index contributed by atoms with van der Waals surface area (Å²) in [7, 11) is 0. The predicted molar refractivity (Wildman–Crippen MR) is 80.0 cm³/mol. The van der Waals surface area contributed by atoms with E-state index in [-0.39, 0.29) is 5.91 Å². The van der Waals surface area contributed by atoms with Crippen molar-refractivity contribution in [1.29, 1.82) is 0 Å². The maximum absolute atomic E-state index is 11.1. The van der Waals surface area contributed by atoms with E-state index >= 15 is 0 Å². The zero-order valence-electron chi connectivity index (χ0n) is 11.9. The van der Waals surface area contributed by atoms with E-state index in [1.165, 1.54) is 6.92 Å². The van der Waals surface area contributed by atoms with Gasteiger partial charge in [0.25, 0.3) is 0 Å². The van der Waals surface area contributed by atoms with Crippen molar-refractivity contribution in [2.24, 2.45) is 0 Å². The van der Waals surface area contributed by atoms with E-state index in [1.807, 2.05) is 31.2 Å². The molecule has 0 heterocycles. The highest BCUT2D eigenvalue weighted by atomic mass is 16.5. The first-order valence-electron chi connectivity index (χ1n) is 6.52. The van der Waals surface area contributed by atoms with Gasteiger partial charge in [0.1, 0.15) is 5.75 Å². The van der Waals surface area contributed by atoms with Gasteiger partial charge in [-0.1, -0.05) is 6.08 Å². The zero-order chi connectivity index (χ0) is 14.3. The summed E-state index contributed by atoms with van der Waals surface area (Å²) in [6.07, 6.45) is 1.85. The smallest absolute Gasteiger partial charge is 0.221 e. The van der Waals surface area contributed by atoms with Crippen LogP contribution < -0.4 is 15.0 Å². The number of hydrogen-bond donors (Lipinski definition) is 1. The Bertz CT molecular complexity index is 444. The number of hydrogen-bond acceptors (Lipinski definition) is 3. The SMILES string of the molecule is C=CCN(CC)c1cc(NC(C)=O)ccc1OCC. The molecule has 1 amide bonds. The van der Waals surface area contributed by atoms with Crippen LogP contribution >= 0.6 is 0 Å². The van der Waals surface area contributed by atoms with E-state index in [4.69, 9.17) is 4.74 Å². The molecule has 0 saturated heterocycles. The van der Waals surface area contributed by atoms with Crippen molar-refractivity contribution >= 4 is 17.3 Å². The van der Waals surface area contributed by atoms with Crippen molar-refractivity contribution in [2.45, 2.75) is 20.8 Å². The van der Waals surface area contributed by atoms with Gasteiger partial charge in [-0.15, -0.1) is 6.58 Å². The molecule has 104 valence electrons. The van der Waals surface area contributed by atoms with Crippen molar-refractivity contribution < 1.29 is 9.53 Å². The zero-order valence-corrected chi connectivity index (χ0v) is 11.9. The molecular formula is C15H22N2O2. The maximum Gasteiger partial charge on any atom is 0.221 e. The minimum Gasteiger partial charge on any atom is -0.492 e. The lowest BCUT2D eigenvalue weighted by Gasteiger charge is -2.24. The molecule has 4 nitrogen and oxygen atoms in total. The third-order valence-electron chi connectivity index (χ3n) is 2.65.